The average Bonchev–Trinajstić information content (AvgIpc) is 2.28. The Balaban J connectivity index is 3.05. The molecule has 1 amide bonds. The van der Waals surface area contributed by atoms with Crippen LogP contribution in [0.2, 0.25) is 0 Å². The predicted octanol–water partition coefficient (Wildman–Crippen LogP) is 0.765. The van der Waals surface area contributed by atoms with Gasteiger partial charge in [0.15, 0.2) is 0 Å². The number of carbonyl (C=O) groups excluding carboxylic acids is 1. The van der Waals surface area contributed by atoms with Crippen molar-refractivity contribution in [3.8, 4) is 0 Å². The number of hydrogen-bond acceptors (Lipinski definition) is 5. The number of nitrogens with one attached hydrogen (secondary N) is 1. The Bertz CT molecular complexity index is 485. The Labute approximate surface area is 105 Å². The van der Waals surface area contributed by atoms with Gasteiger partial charge in [-0.25, -0.2) is 0 Å². The van der Waals surface area contributed by atoms with E-state index in [2.05, 4.69) is 10.3 Å². The van der Waals surface area contributed by atoms with Gasteiger partial charge in [0.05, 0.1) is 16.2 Å². The van der Waals surface area contributed by atoms with E-state index in [9.17, 15) is 14.9 Å². The zero-order valence-corrected chi connectivity index (χ0v) is 10.6. The Kier molecular flexibility index (Phi) is 3.97. The molecule has 1 heterocycles. The van der Waals surface area contributed by atoms with Crippen LogP contribution in [0.5, 0.6) is 0 Å². The molecule has 0 saturated heterocycles. The number of nitrogens with two attached hydrogens (primary N) is 1. The summed E-state index contributed by atoms with van der Waals surface area (Å²) in [6.45, 7) is 5.42. The molecule has 0 aliphatic rings. The molecule has 18 heavy (non-hydrogen) atoms. The minimum atomic E-state index is -0.586. The number of carbonyl (C=O) groups is 1. The fraction of sp³-hybridized carbons (Fsp3) is 0.455. The normalized spacial score (nSPS) is 11.1. The molecule has 0 aliphatic carbocycles. The smallest absolute Gasteiger partial charge is 0.288 e. The number of rotatable bonds is 4. The molecular weight excluding hydrogens is 236 g/mol. The lowest BCUT2D eigenvalue weighted by molar-refractivity contribution is -0.385. The van der Waals surface area contributed by atoms with Crippen molar-refractivity contribution < 1.29 is 9.72 Å². The maximum Gasteiger partial charge on any atom is 0.288 e. The van der Waals surface area contributed by atoms with Gasteiger partial charge in [-0.3, -0.25) is 19.9 Å². The molecule has 0 radical (unpaired) electrons. The molecule has 1 rings (SSSR count). The van der Waals surface area contributed by atoms with Gasteiger partial charge in [0.2, 0.25) is 0 Å². The van der Waals surface area contributed by atoms with Crippen molar-refractivity contribution in [2.75, 3.05) is 6.54 Å². The van der Waals surface area contributed by atoms with Gasteiger partial charge in [0.25, 0.3) is 11.6 Å². The van der Waals surface area contributed by atoms with Gasteiger partial charge in [-0.1, -0.05) is 0 Å². The first-order chi connectivity index (χ1) is 8.26. The summed E-state index contributed by atoms with van der Waals surface area (Å²) in [6.07, 6.45) is 1.13. The Morgan fingerprint density at radius 1 is 1.61 bits per heavy atom. The second kappa shape index (κ2) is 5.09. The number of nitrogens with zero attached hydrogens (tertiary/aromatic N) is 2. The molecule has 7 nitrogen and oxygen atoms in total. The van der Waals surface area contributed by atoms with E-state index in [1.807, 2.05) is 0 Å². The van der Waals surface area contributed by atoms with Gasteiger partial charge in [-0.05, 0) is 20.8 Å². The molecule has 3 N–H and O–H groups in total. The molecule has 0 aromatic carbocycles. The van der Waals surface area contributed by atoms with Gasteiger partial charge in [0.1, 0.15) is 6.20 Å². The van der Waals surface area contributed by atoms with Gasteiger partial charge in [0, 0.05) is 18.2 Å². The van der Waals surface area contributed by atoms with Crippen molar-refractivity contribution in [1.29, 1.82) is 0 Å². The minimum absolute atomic E-state index is 0.186. The summed E-state index contributed by atoms with van der Waals surface area (Å²) < 4.78 is 0. The number of aryl methyl sites for hydroxylation is 1. The van der Waals surface area contributed by atoms with E-state index in [4.69, 9.17) is 5.73 Å². The molecule has 1 aromatic heterocycles. The van der Waals surface area contributed by atoms with Crippen LogP contribution >= 0.6 is 0 Å². The van der Waals surface area contributed by atoms with Crippen LogP contribution in [0, 0.1) is 17.0 Å². The highest BCUT2D eigenvalue weighted by Gasteiger charge is 2.22. The van der Waals surface area contributed by atoms with Crippen LogP contribution < -0.4 is 11.1 Å². The first-order valence-electron chi connectivity index (χ1n) is 5.40. The van der Waals surface area contributed by atoms with E-state index < -0.39 is 16.4 Å². The van der Waals surface area contributed by atoms with E-state index in [0.717, 1.165) is 6.20 Å². The van der Waals surface area contributed by atoms with Crippen LogP contribution in [0.15, 0.2) is 12.3 Å². The Morgan fingerprint density at radius 2 is 2.22 bits per heavy atom. The van der Waals surface area contributed by atoms with Crippen molar-refractivity contribution in [2.24, 2.45) is 5.73 Å². The maximum absolute atomic E-state index is 12.0. The Morgan fingerprint density at radius 3 is 2.72 bits per heavy atom. The quantitative estimate of drug-likeness (QED) is 0.607. The lowest BCUT2D eigenvalue weighted by atomic mass is 10.0. The molecule has 0 fully saturated rings. The molecule has 0 atom stereocenters. The highest BCUT2D eigenvalue weighted by molar-refractivity contribution is 5.96. The Hall–Kier alpha value is -2.02. The molecular formula is C11H16N4O3. The molecule has 0 aliphatic heterocycles. The molecule has 1 aromatic rings. The van der Waals surface area contributed by atoms with Crippen molar-refractivity contribution in [1.82, 2.24) is 10.3 Å². The molecule has 0 saturated carbocycles. The summed E-state index contributed by atoms with van der Waals surface area (Å²) in [5.41, 5.74) is 5.35. The number of aromatic nitrogens is 1. The van der Waals surface area contributed by atoms with E-state index in [-0.39, 0.29) is 17.8 Å². The summed E-state index contributed by atoms with van der Waals surface area (Å²) in [6, 6.07) is 1.21. The number of amides is 1. The number of hydrogen-bond donors (Lipinski definition) is 2. The minimum Gasteiger partial charge on any atom is -0.346 e. The second-order valence-electron chi connectivity index (χ2n) is 4.63. The van der Waals surface area contributed by atoms with Gasteiger partial charge < -0.3 is 11.1 Å². The second-order valence-corrected chi connectivity index (χ2v) is 4.63. The number of nitro groups is 1. The average molecular weight is 252 g/mol. The van der Waals surface area contributed by atoms with Crippen LogP contribution in [0.4, 0.5) is 5.69 Å². The van der Waals surface area contributed by atoms with Crippen LogP contribution in [0.1, 0.15) is 29.9 Å². The fourth-order valence-corrected chi connectivity index (χ4v) is 1.28. The van der Waals surface area contributed by atoms with Gasteiger partial charge >= 0.3 is 0 Å². The number of pyridine rings is 1. The topological polar surface area (TPSA) is 111 Å². The van der Waals surface area contributed by atoms with Crippen LogP contribution in [0.3, 0.4) is 0 Å². The summed E-state index contributed by atoms with van der Waals surface area (Å²) in [5, 5.41) is 13.3. The van der Waals surface area contributed by atoms with Crippen LogP contribution in [-0.4, -0.2) is 27.9 Å². The van der Waals surface area contributed by atoms with E-state index in [0.29, 0.717) is 5.69 Å². The van der Waals surface area contributed by atoms with Crippen molar-refractivity contribution in [3.05, 3.63) is 33.6 Å². The third-order valence-electron chi connectivity index (χ3n) is 2.49. The van der Waals surface area contributed by atoms with E-state index in [1.165, 1.54) is 6.07 Å². The van der Waals surface area contributed by atoms with E-state index in [1.54, 1.807) is 20.8 Å². The highest BCUT2D eigenvalue weighted by atomic mass is 16.6. The molecule has 0 unspecified atom stereocenters. The molecule has 98 valence electrons. The van der Waals surface area contributed by atoms with E-state index >= 15 is 0 Å². The summed E-state index contributed by atoms with van der Waals surface area (Å²) in [7, 11) is 0. The third-order valence-corrected chi connectivity index (χ3v) is 2.49. The first-order valence-corrected chi connectivity index (χ1v) is 5.40. The standard InChI is InChI=1S/C11H16N4O3/c1-7-9(4-8(5-13-7)15(17)18)10(16)14-11(2,3)6-12/h4-5H,6,12H2,1-3H3,(H,14,16). The zero-order valence-electron chi connectivity index (χ0n) is 10.6. The summed E-state index contributed by atoms with van der Waals surface area (Å²) in [4.78, 5) is 25.9. The summed E-state index contributed by atoms with van der Waals surface area (Å²) >= 11 is 0. The summed E-state index contributed by atoms with van der Waals surface area (Å²) in [5.74, 6) is -0.417. The van der Waals surface area contributed by atoms with Crippen molar-refractivity contribution in [2.45, 2.75) is 26.3 Å². The van der Waals surface area contributed by atoms with Gasteiger partial charge in [-0.2, -0.15) is 0 Å². The van der Waals surface area contributed by atoms with Crippen LogP contribution in [-0.2, 0) is 0 Å². The van der Waals surface area contributed by atoms with Gasteiger partial charge in [-0.15, -0.1) is 0 Å². The fourth-order valence-electron chi connectivity index (χ4n) is 1.28. The largest absolute Gasteiger partial charge is 0.346 e. The molecule has 7 heteroatoms. The molecule has 0 spiro atoms. The lowest BCUT2D eigenvalue weighted by Crippen LogP contribution is -2.49. The van der Waals surface area contributed by atoms with Crippen molar-refractivity contribution >= 4 is 11.6 Å². The highest BCUT2D eigenvalue weighted by Crippen LogP contribution is 2.15. The van der Waals surface area contributed by atoms with Crippen LogP contribution in [0.25, 0.3) is 0 Å². The first kappa shape index (κ1) is 14.0. The SMILES string of the molecule is Cc1ncc([N+](=O)[O-])cc1C(=O)NC(C)(C)CN. The van der Waals surface area contributed by atoms with Crippen molar-refractivity contribution in [3.63, 3.8) is 0 Å². The monoisotopic (exact) mass is 252 g/mol. The zero-order chi connectivity index (χ0) is 13.9. The third kappa shape index (κ3) is 3.24. The molecule has 0 bridgehead atoms. The predicted molar refractivity (Wildman–Crippen MR) is 66.2 cm³/mol. The lowest BCUT2D eigenvalue weighted by Gasteiger charge is -2.24. The maximum atomic E-state index is 12.0.